The fraction of sp³-hybridized carbons (Fsp3) is 0.600. The molecule has 9 nitrogen and oxygen atoms in total. The molecular weight excluding hydrogens is 467 g/mol. The lowest BCUT2D eigenvalue weighted by Crippen LogP contribution is -2.45. The van der Waals surface area contributed by atoms with Crippen LogP contribution >= 0.6 is 0 Å². The van der Waals surface area contributed by atoms with E-state index in [1.165, 1.54) is 23.5 Å². The number of ether oxygens (including phenoxy) is 2. The molecule has 0 saturated carbocycles. The van der Waals surface area contributed by atoms with E-state index in [0.29, 0.717) is 45.4 Å². The van der Waals surface area contributed by atoms with Gasteiger partial charge in [-0.05, 0) is 31.4 Å². The third kappa shape index (κ3) is 6.28. The zero-order valence-corrected chi connectivity index (χ0v) is 18.9. The largest absolute Gasteiger partial charge is 0.573 e. The second kappa shape index (κ2) is 10.2. The van der Waals surface area contributed by atoms with Crippen molar-refractivity contribution >= 4 is 22.0 Å². The van der Waals surface area contributed by atoms with Gasteiger partial charge in [0.05, 0.1) is 12.0 Å². The van der Waals surface area contributed by atoms with Crippen LogP contribution in [0.25, 0.3) is 0 Å². The Balaban J connectivity index is 1.59. The summed E-state index contributed by atoms with van der Waals surface area (Å²) in [6.45, 7) is 1.87. The van der Waals surface area contributed by atoms with Crippen LogP contribution in [0.3, 0.4) is 0 Å². The summed E-state index contributed by atoms with van der Waals surface area (Å²) in [5.41, 5.74) is 0. The van der Waals surface area contributed by atoms with E-state index < -0.39 is 28.2 Å². The van der Waals surface area contributed by atoms with Gasteiger partial charge in [-0.15, -0.1) is 13.2 Å². The quantitative estimate of drug-likeness (QED) is 0.639. The number of carbonyl (C=O) groups is 2. The summed E-state index contributed by atoms with van der Waals surface area (Å²) in [4.78, 5) is 27.6. The average Bonchev–Trinajstić information content (AvgIpc) is 3.03. The first-order valence-corrected chi connectivity index (χ1v) is 11.9. The Kier molecular flexibility index (Phi) is 7.73. The van der Waals surface area contributed by atoms with Crippen LogP contribution in [0.1, 0.15) is 19.3 Å². The van der Waals surface area contributed by atoms with Crippen molar-refractivity contribution in [3.05, 3.63) is 24.3 Å². The number of sulfonamides is 1. The Hall–Kier alpha value is -2.54. The number of methoxy groups -OCH3 is 1. The summed E-state index contributed by atoms with van der Waals surface area (Å²) in [5.74, 6) is -1.06. The van der Waals surface area contributed by atoms with Gasteiger partial charge in [-0.3, -0.25) is 4.79 Å². The van der Waals surface area contributed by atoms with Gasteiger partial charge in [0, 0.05) is 51.3 Å². The van der Waals surface area contributed by atoms with E-state index >= 15 is 0 Å². The third-order valence-corrected chi connectivity index (χ3v) is 7.62. The molecule has 1 aromatic rings. The van der Waals surface area contributed by atoms with Gasteiger partial charge >= 0.3 is 12.5 Å². The van der Waals surface area contributed by atoms with E-state index in [1.807, 2.05) is 0 Å². The topological polar surface area (TPSA) is 96.5 Å². The van der Waals surface area contributed by atoms with Gasteiger partial charge in [0.1, 0.15) is 5.75 Å². The van der Waals surface area contributed by atoms with E-state index in [0.717, 1.165) is 12.1 Å². The number of benzene rings is 1. The molecule has 0 N–H and O–H groups in total. The van der Waals surface area contributed by atoms with Gasteiger partial charge in [0.2, 0.25) is 15.9 Å². The monoisotopic (exact) mass is 493 g/mol. The maximum atomic E-state index is 13.0. The predicted octanol–water partition coefficient (Wildman–Crippen LogP) is 2.29. The molecule has 3 rings (SSSR count). The first kappa shape index (κ1) is 25.1. The third-order valence-electron chi connectivity index (χ3n) is 5.72. The first-order chi connectivity index (χ1) is 15.5. The summed E-state index contributed by atoms with van der Waals surface area (Å²) >= 11 is 0. The summed E-state index contributed by atoms with van der Waals surface area (Å²) in [6.07, 6.45) is -4.15. The first-order valence-electron chi connectivity index (χ1n) is 10.5. The van der Waals surface area contributed by atoms with E-state index in [2.05, 4.69) is 4.74 Å². The van der Waals surface area contributed by atoms with Crippen molar-refractivity contribution in [3.63, 3.8) is 0 Å². The van der Waals surface area contributed by atoms with Crippen molar-refractivity contribution in [1.82, 2.24) is 14.1 Å². The van der Waals surface area contributed by atoms with E-state index in [9.17, 15) is 31.2 Å². The highest BCUT2D eigenvalue weighted by Crippen LogP contribution is 2.29. The molecule has 0 aromatic heterocycles. The number of alkyl halides is 3. The van der Waals surface area contributed by atoms with Gasteiger partial charge in [0.15, 0.2) is 0 Å². The number of rotatable bonds is 4. The minimum absolute atomic E-state index is 0.0746. The number of piperidine rings is 1. The Bertz CT molecular complexity index is 964. The van der Waals surface area contributed by atoms with Crippen molar-refractivity contribution in [3.8, 4) is 5.75 Å². The van der Waals surface area contributed by atoms with Crippen LogP contribution in [0, 0.1) is 5.92 Å². The minimum atomic E-state index is -4.93. The lowest BCUT2D eigenvalue weighted by Gasteiger charge is -2.33. The van der Waals surface area contributed by atoms with Gasteiger partial charge in [-0.1, -0.05) is 6.07 Å². The Labute approximate surface area is 190 Å². The molecule has 2 aliphatic heterocycles. The van der Waals surface area contributed by atoms with E-state index in [-0.39, 0.29) is 29.8 Å². The molecule has 2 amide bonds. The Morgan fingerprint density at radius 3 is 2.27 bits per heavy atom. The van der Waals surface area contributed by atoms with Crippen molar-refractivity contribution in [2.45, 2.75) is 30.5 Å². The number of hydrogen-bond donors (Lipinski definition) is 0. The summed E-state index contributed by atoms with van der Waals surface area (Å²) in [5, 5.41) is 0. The van der Waals surface area contributed by atoms with Crippen LogP contribution in [0.5, 0.6) is 5.75 Å². The lowest BCUT2D eigenvalue weighted by atomic mass is 9.96. The number of amides is 2. The van der Waals surface area contributed by atoms with Crippen molar-refractivity contribution in [2.24, 2.45) is 5.92 Å². The standard InChI is InChI=1S/C20H26F3N3O6S/c1-31-19(28)25-9-3-8-24(12-13-25)18(27)15-6-10-26(11-7-15)33(29,30)17-5-2-4-16(14-17)32-20(21,22)23/h2,4-5,14-15H,3,6-13H2,1H3. The predicted molar refractivity (Wildman–Crippen MR) is 110 cm³/mol. The molecule has 2 aliphatic rings. The van der Waals surface area contributed by atoms with E-state index in [1.54, 1.807) is 9.80 Å². The summed E-state index contributed by atoms with van der Waals surface area (Å²) in [7, 11) is -2.73. The maximum absolute atomic E-state index is 13.0. The molecule has 0 bridgehead atoms. The number of nitrogens with zero attached hydrogens (tertiary/aromatic N) is 3. The second-order valence-corrected chi connectivity index (χ2v) is 9.77. The van der Waals surface area contributed by atoms with Crippen LogP contribution in [-0.2, 0) is 19.6 Å². The normalized spacial score (nSPS) is 19.2. The molecule has 1 aromatic carbocycles. The van der Waals surface area contributed by atoms with Gasteiger partial charge in [0.25, 0.3) is 0 Å². The molecule has 0 spiro atoms. The molecule has 33 heavy (non-hydrogen) atoms. The average molecular weight is 494 g/mol. The summed E-state index contributed by atoms with van der Waals surface area (Å²) < 4.78 is 72.9. The van der Waals surface area contributed by atoms with Gasteiger partial charge in [-0.2, -0.15) is 4.31 Å². The Morgan fingerprint density at radius 2 is 1.64 bits per heavy atom. The van der Waals surface area contributed by atoms with Crippen LogP contribution in [0.15, 0.2) is 29.2 Å². The maximum Gasteiger partial charge on any atom is 0.573 e. The van der Waals surface area contributed by atoms with Crippen molar-refractivity contribution in [1.29, 1.82) is 0 Å². The minimum Gasteiger partial charge on any atom is -0.453 e. The number of carbonyl (C=O) groups excluding carboxylic acids is 2. The molecule has 0 aliphatic carbocycles. The second-order valence-electron chi connectivity index (χ2n) is 7.84. The lowest BCUT2D eigenvalue weighted by molar-refractivity contribution is -0.274. The molecule has 0 radical (unpaired) electrons. The molecule has 2 fully saturated rings. The molecular formula is C20H26F3N3O6S. The number of halogens is 3. The smallest absolute Gasteiger partial charge is 0.453 e. The fourth-order valence-corrected chi connectivity index (χ4v) is 5.54. The molecule has 2 saturated heterocycles. The molecule has 184 valence electrons. The zero-order chi connectivity index (χ0) is 24.2. The molecule has 0 atom stereocenters. The number of hydrogen-bond acceptors (Lipinski definition) is 6. The molecule has 2 heterocycles. The van der Waals surface area contributed by atoms with Crippen LogP contribution in [-0.4, -0.2) is 87.3 Å². The molecule has 13 heteroatoms. The van der Waals surface area contributed by atoms with Crippen LogP contribution < -0.4 is 4.74 Å². The molecule has 0 unspecified atom stereocenters. The van der Waals surface area contributed by atoms with Crippen molar-refractivity contribution < 1.29 is 40.7 Å². The highest BCUT2D eigenvalue weighted by atomic mass is 32.2. The van der Waals surface area contributed by atoms with E-state index in [4.69, 9.17) is 4.74 Å². The van der Waals surface area contributed by atoms with Crippen LogP contribution in [0.2, 0.25) is 0 Å². The highest BCUT2D eigenvalue weighted by Gasteiger charge is 2.35. The SMILES string of the molecule is COC(=O)N1CCCN(C(=O)C2CCN(S(=O)(=O)c3cccc(OC(F)(F)F)c3)CC2)CC1. The Morgan fingerprint density at radius 1 is 1.00 bits per heavy atom. The van der Waals surface area contributed by atoms with Gasteiger partial charge < -0.3 is 19.3 Å². The van der Waals surface area contributed by atoms with Crippen LogP contribution in [0.4, 0.5) is 18.0 Å². The zero-order valence-electron chi connectivity index (χ0n) is 18.1. The highest BCUT2D eigenvalue weighted by molar-refractivity contribution is 7.89. The van der Waals surface area contributed by atoms with Gasteiger partial charge in [-0.25, -0.2) is 13.2 Å². The summed E-state index contributed by atoms with van der Waals surface area (Å²) in [6, 6.07) is 4.26. The fourth-order valence-electron chi connectivity index (χ4n) is 4.03. The van der Waals surface area contributed by atoms with Crippen molar-refractivity contribution in [2.75, 3.05) is 46.4 Å².